The SMILES string of the molecule is COc1ccc([N+](=O)[O-])cc1NC(=O)C(C)OC(=O)c1c(C)[nH]c2ccccc12. The Balaban J connectivity index is 1.77. The van der Waals surface area contributed by atoms with Gasteiger partial charge in [0.15, 0.2) is 6.10 Å². The molecule has 0 radical (unpaired) electrons. The van der Waals surface area contributed by atoms with Gasteiger partial charge < -0.3 is 19.8 Å². The van der Waals surface area contributed by atoms with Crippen molar-refractivity contribution in [3.05, 3.63) is 63.8 Å². The van der Waals surface area contributed by atoms with Crippen molar-refractivity contribution in [2.24, 2.45) is 0 Å². The van der Waals surface area contributed by atoms with Crippen molar-refractivity contribution in [2.75, 3.05) is 12.4 Å². The molecule has 0 aliphatic heterocycles. The summed E-state index contributed by atoms with van der Waals surface area (Å²) in [6.07, 6.45) is -1.14. The van der Waals surface area contributed by atoms with E-state index in [1.54, 1.807) is 19.1 Å². The van der Waals surface area contributed by atoms with Crippen LogP contribution in [0.1, 0.15) is 23.0 Å². The first kappa shape index (κ1) is 19.9. The Kier molecular flexibility index (Phi) is 5.49. The molecule has 0 aliphatic rings. The summed E-state index contributed by atoms with van der Waals surface area (Å²) in [6.45, 7) is 3.16. The first-order valence-electron chi connectivity index (χ1n) is 8.73. The second-order valence-electron chi connectivity index (χ2n) is 6.35. The number of methoxy groups -OCH3 is 1. The topological polar surface area (TPSA) is 124 Å². The molecule has 1 heterocycles. The lowest BCUT2D eigenvalue weighted by Crippen LogP contribution is -2.30. The quantitative estimate of drug-likeness (QED) is 0.372. The van der Waals surface area contributed by atoms with E-state index < -0.39 is 22.9 Å². The summed E-state index contributed by atoms with van der Waals surface area (Å²) in [6, 6.07) is 11.1. The van der Waals surface area contributed by atoms with Gasteiger partial charge in [0.2, 0.25) is 0 Å². The van der Waals surface area contributed by atoms with Crippen molar-refractivity contribution in [3.63, 3.8) is 0 Å². The average molecular weight is 397 g/mol. The van der Waals surface area contributed by atoms with Gasteiger partial charge in [0.1, 0.15) is 5.75 Å². The molecule has 3 rings (SSSR count). The van der Waals surface area contributed by atoms with Crippen LogP contribution in [-0.2, 0) is 9.53 Å². The van der Waals surface area contributed by atoms with Crippen LogP contribution < -0.4 is 10.1 Å². The lowest BCUT2D eigenvalue weighted by Gasteiger charge is -2.15. The van der Waals surface area contributed by atoms with E-state index in [4.69, 9.17) is 9.47 Å². The number of nitrogens with one attached hydrogen (secondary N) is 2. The zero-order valence-corrected chi connectivity index (χ0v) is 16.0. The Morgan fingerprint density at radius 3 is 2.62 bits per heavy atom. The molecule has 9 nitrogen and oxygen atoms in total. The number of nitro benzene ring substituents is 1. The Hall–Kier alpha value is -3.88. The number of nitrogens with zero attached hydrogens (tertiary/aromatic N) is 1. The Labute approximate surface area is 165 Å². The number of ether oxygens (including phenoxy) is 2. The number of carbonyl (C=O) groups is 2. The number of carbonyl (C=O) groups excluding carboxylic acids is 2. The van der Waals surface area contributed by atoms with Gasteiger partial charge in [-0.15, -0.1) is 0 Å². The maximum absolute atomic E-state index is 12.6. The number of hydrogen-bond acceptors (Lipinski definition) is 6. The molecule has 2 aromatic carbocycles. The third-order valence-corrected chi connectivity index (χ3v) is 4.40. The monoisotopic (exact) mass is 397 g/mol. The van der Waals surface area contributed by atoms with E-state index in [2.05, 4.69) is 10.3 Å². The summed E-state index contributed by atoms with van der Waals surface area (Å²) in [5.41, 5.74) is 1.67. The third kappa shape index (κ3) is 4.03. The third-order valence-electron chi connectivity index (χ3n) is 4.40. The predicted molar refractivity (Wildman–Crippen MR) is 106 cm³/mol. The fraction of sp³-hybridized carbons (Fsp3) is 0.200. The highest BCUT2D eigenvalue weighted by Gasteiger charge is 2.24. The number of para-hydroxylation sites is 1. The number of aromatic nitrogens is 1. The largest absolute Gasteiger partial charge is 0.495 e. The summed E-state index contributed by atoms with van der Waals surface area (Å²) in [5.74, 6) is -1.04. The molecule has 0 bridgehead atoms. The molecule has 0 saturated carbocycles. The van der Waals surface area contributed by atoms with Crippen molar-refractivity contribution < 1.29 is 24.0 Å². The molecular formula is C20H19N3O6. The molecule has 0 fully saturated rings. The standard InChI is InChI=1S/C20H19N3O6/c1-11-18(14-6-4-5-7-15(14)21-11)20(25)29-12(2)19(24)22-16-10-13(23(26)27)8-9-17(16)28-3/h4-10,12,21H,1-3H3,(H,22,24). The van der Waals surface area contributed by atoms with Gasteiger partial charge in [0.05, 0.1) is 23.3 Å². The number of benzene rings is 2. The van der Waals surface area contributed by atoms with Crippen molar-refractivity contribution in [2.45, 2.75) is 20.0 Å². The summed E-state index contributed by atoms with van der Waals surface area (Å²) in [4.78, 5) is 38.6. The van der Waals surface area contributed by atoms with Gasteiger partial charge in [-0.05, 0) is 26.0 Å². The molecule has 1 atom stereocenters. The molecule has 1 unspecified atom stereocenters. The molecular weight excluding hydrogens is 378 g/mol. The number of aryl methyl sites for hydroxylation is 1. The number of H-pyrrole nitrogens is 1. The maximum Gasteiger partial charge on any atom is 0.341 e. The number of hydrogen-bond donors (Lipinski definition) is 2. The molecule has 29 heavy (non-hydrogen) atoms. The lowest BCUT2D eigenvalue weighted by molar-refractivity contribution is -0.384. The van der Waals surface area contributed by atoms with Crippen LogP contribution >= 0.6 is 0 Å². The number of amides is 1. The number of fused-ring (bicyclic) bond motifs is 1. The van der Waals surface area contributed by atoms with E-state index in [0.717, 1.165) is 5.52 Å². The molecule has 0 aliphatic carbocycles. The Morgan fingerprint density at radius 1 is 1.21 bits per heavy atom. The normalized spacial score (nSPS) is 11.7. The zero-order valence-electron chi connectivity index (χ0n) is 16.0. The molecule has 1 aromatic heterocycles. The molecule has 0 spiro atoms. The molecule has 9 heteroatoms. The molecule has 3 aromatic rings. The summed E-state index contributed by atoms with van der Waals surface area (Å²) >= 11 is 0. The van der Waals surface area contributed by atoms with Crippen molar-refractivity contribution >= 4 is 34.2 Å². The number of aromatic amines is 1. The average Bonchev–Trinajstić information content (AvgIpc) is 3.03. The van der Waals surface area contributed by atoms with Crippen LogP contribution in [0.25, 0.3) is 10.9 Å². The van der Waals surface area contributed by atoms with E-state index in [0.29, 0.717) is 16.6 Å². The highest BCUT2D eigenvalue weighted by atomic mass is 16.6. The van der Waals surface area contributed by atoms with E-state index in [-0.39, 0.29) is 17.1 Å². The highest BCUT2D eigenvalue weighted by Crippen LogP contribution is 2.29. The molecule has 2 N–H and O–H groups in total. The number of anilines is 1. The van der Waals surface area contributed by atoms with Crippen molar-refractivity contribution in [1.29, 1.82) is 0 Å². The van der Waals surface area contributed by atoms with Crippen LogP contribution in [0.5, 0.6) is 5.75 Å². The minimum absolute atomic E-state index is 0.109. The van der Waals surface area contributed by atoms with Gasteiger partial charge in [-0.1, -0.05) is 18.2 Å². The molecule has 0 saturated heterocycles. The van der Waals surface area contributed by atoms with Crippen LogP contribution in [0.15, 0.2) is 42.5 Å². The second kappa shape index (κ2) is 8.01. The Morgan fingerprint density at radius 2 is 1.93 bits per heavy atom. The number of non-ortho nitro benzene ring substituents is 1. The zero-order chi connectivity index (χ0) is 21.1. The fourth-order valence-electron chi connectivity index (χ4n) is 2.95. The van der Waals surface area contributed by atoms with Gasteiger partial charge in [-0.25, -0.2) is 4.79 Å². The van der Waals surface area contributed by atoms with Crippen molar-refractivity contribution in [3.8, 4) is 5.75 Å². The van der Waals surface area contributed by atoms with Crippen LogP contribution in [0.2, 0.25) is 0 Å². The van der Waals surface area contributed by atoms with Crippen molar-refractivity contribution in [1.82, 2.24) is 4.98 Å². The van der Waals surface area contributed by atoms with E-state index >= 15 is 0 Å². The van der Waals surface area contributed by atoms with Crippen LogP contribution in [-0.4, -0.2) is 35.0 Å². The highest BCUT2D eigenvalue weighted by molar-refractivity contribution is 6.06. The molecule has 1 amide bonds. The minimum Gasteiger partial charge on any atom is -0.495 e. The first-order valence-corrected chi connectivity index (χ1v) is 8.73. The van der Waals surface area contributed by atoms with Gasteiger partial charge in [-0.3, -0.25) is 14.9 Å². The number of esters is 1. The fourth-order valence-corrected chi connectivity index (χ4v) is 2.95. The summed E-state index contributed by atoms with van der Waals surface area (Å²) < 4.78 is 10.4. The van der Waals surface area contributed by atoms with Gasteiger partial charge >= 0.3 is 5.97 Å². The number of nitro groups is 1. The van der Waals surface area contributed by atoms with Gasteiger partial charge in [0.25, 0.3) is 11.6 Å². The summed E-state index contributed by atoms with van der Waals surface area (Å²) in [7, 11) is 1.38. The summed E-state index contributed by atoms with van der Waals surface area (Å²) in [5, 5.41) is 14.2. The first-order chi connectivity index (χ1) is 13.8. The number of rotatable bonds is 6. The van der Waals surface area contributed by atoms with E-state index in [1.807, 2.05) is 12.1 Å². The van der Waals surface area contributed by atoms with Gasteiger partial charge in [0, 0.05) is 28.7 Å². The molecule has 150 valence electrons. The lowest BCUT2D eigenvalue weighted by atomic mass is 10.1. The Bertz CT molecular complexity index is 1100. The predicted octanol–water partition coefficient (Wildman–Crippen LogP) is 3.58. The maximum atomic E-state index is 12.6. The minimum atomic E-state index is -1.14. The van der Waals surface area contributed by atoms with Gasteiger partial charge in [-0.2, -0.15) is 0 Å². The van der Waals surface area contributed by atoms with Crippen LogP contribution in [0, 0.1) is 17.0 Å². The second-order valence-corrected chi connectivity index (χ2v) is 6.35. The van der Waals surface area contributed by atoms with Crippen LogP contribution in [0.4, 0.5) is 11.4 Å². The van der Waals surface area contributed by atoms with E-state index in [9.17, 15) is 19.7 Å². The van der Waals surface area contributed by atoms with E-state index in [1.165, 1.54) is 32.2 Å². The smallest absolute Gasteiger partial charge is 0.341 e. The van der Waals surface area contributed by atoms with Crippen LogP contribution in [0.3, 0.4) is 0 Å².